The first-order valence-corrected chi connectivity index (χ1v) is 10.1. The Bertz CT molecular complexity index is 1000. The van der Waals surface area contributed by atoms with Gasteiger partial charge in [0.25, 0.3) is 0 Å². The van der Waals surface area contributed by atoms with E-state index in [4.69, 9.17) is 14.7 Å². The second kappa shape index (κ2) is 8.61. The normalized spacial score (nSPS) is 18.7. The van der Waals surface area contributed by atoms with E-state index in [0.29, 0.717) is 0 Å². The molecule has 0 atom stereocenters. The van der Waals surface area contributed by atoms with Gasteiger partial charge in [-0.2, -0.15) is 0 Å². The van der Waals surface area contributed by atoms with Crippen molar-refractivity contribution in [1.29, 1.82) is 0 Å². The van der Waals surface area contributed by atoms with Gasteiger partial charge in [0.15, 0.2) is 0 Å². The van der Waals surface area contributed by atoms with E-state index in [1.165, 1.54) is 0 Å². The molecule has 143 valence electrons. The largest absolute Gasteiger partial charge is 0.378 e. The lowest BCUT2D eigenvalue weighted by Crippen LogP contribution is -2.43. The molecule has 2 aliphatic rings. The smallest absolute Gasteiger partial charge is 0.206 e. The summed E-state index contributed by atoms with van der Waals surface area (Å²) >= 11 is 0. The minimum Gasteiger partial charge on any atom is -0.378 e. The van der Waals surface area contributed by atoms with Gasteiger partial charge in [-0.3, -0.25) is 9.56 Å². The van der Waals surface area contributed by atoms with Crippen LogP contribution in [0.4, 0.5) is 0 Å². The molecule has 0 spiro atoms. The van der Waals surface area contributed by atoms with E-state index in [9.17, 15) is 0 Å². The topological polar surface area (TPSA) is 42.6 Å². The van der Waals surface area contributed by atoms with Gasteiger partial charge in [0.2, 0.25) is 7.28 Å². The number of amidine groups is 1. The van der Waals surface area contributed by atoms with Crippen molar-refractivity contribution in [3.05, 3.63) is 53.1 Å². The van der Waals surface area contributed by atoms with Gasteiger partial charge in [-0.15, -0.1) is 0 Å². The van der Waals surface area contributed by atoms with E-state index in [0.717, 1.165) is 72.6 Å². The Morgan fingerprint density at radius 1 is 1.18 bits per heavy atom. The zero-order chi connectivity index (χ0) is 19.3. The quantitative estimate of drug-likeness (QED) is 0.774. The molecule has 2 aliphatic heterocycles. The predicted octanol–water partition coefficient (Wildman–Crippen LogP) is 2.03. The number of morpholine rings is 1. The number of rotatable bonds is 3. The van der Waals surface area contributed by atoms with Crippen molar-refractivity contribution in [3.8, 4) is 5.69 Å². The zero-order valence-corrected chi connectivity index (χ0v) is 16.6. The molecule has 0 unspecified atom stereocenters. The lowest BCUT2D eigenvalue weighted by atomic mass is 9.68. The van der Waals surface area contributed by atoms with Crippen LogP contribution in [0.15, 0.2) is 41.5 Å². The standard InChI is InChI=1S/C22H26BN4O/c1-3-8-19-20(4-2)27(18-9-6-5-7-10-18)21(25-19)17-15-23-22(24-16-17)26-11-13-28-14-12-26/h4-10,16H,3,11-15H2,1-2H3/b19-8+,20-4+. The third kappa shape index (κ3) is 3.69. The second-order valence-electron chi connectivity index (χ2n) is 6.93. The number of nitrogens with zero attached hydrogens (tertiary/aromatic N) is 4. The second-order valence-corrected chi connectivity index (χ2v) is 6.93. The third-order valence-electron chi connectivity index (χ3n) is 5.11. The van der Waals surface area contributed by atoms with Crippen molar-refractivity contribution in [2.75, 3.05) is 26.3 Å². The third-order valence-corrected chi connectivity index (χ3v) is 5.11. The summed E-state index contributed by atoms with van der Waals surface area (Å²) < 4.78 is 7.70. The number of hydrogen-bond donors (Lipinski definition) is 0. The Morgan fingerprint density at radius 2 is 1.96 bits per heavy atom. The summed E-state index contributed by atoms with van der Waals surface area (Å²) in [5.74, 6) is 0.972. The molecular weight excluding hydrogens is 347 g/mol. The van der Waals surface area contributed by atoms with E-state index < -0.39 is 0 Å². The molecule has 28 heavy (non-hydrogen) atoms. The van der Waals surface area contributed by atoms with Crippen molar-refractivity contribution in [1.82, 2.24) is 14.5 Å². The van der Waals surface area contributed by atoms with Crippen LogP contribution in [0.1, 0.15) is 26.1 Å². The number of benzene rings is 1. The monoisotopic (exact) mass is 373 g/mol. The number of ether oxygens (including phenoxy) is 1. The average molecular weight is 373 g/mol. The maximum Gasteiger partial charge on any atom is 0.206 e. The summed E-state index contributed by atoms with van der Waals surface area (Å²) in [6.45, 7) is 7.57. The molecule has 0 saturated carbocycles. The first-order valence-electron chi connectivity index (χ1n) is 10.1. The molecule has 3 heterocycles. The van der Waals surface area contributed by atoms with Crippen molar-refractivity contribution in [2.24, 2.45) is 4.99 Å². The molecule has 1 saturated heterocycles. The van der Waals surface area contributed by atoms with Crippen LogP contribution in [-0.2, 0) is 4.74 Å². The Hall–Kier alpha value is -2.60. The van der Waals surface area contributed by atoms with Gasteiger partial charge in [-0.05, 0) is 31.8 Å². The van der Waals surface area contributed by atoms with E-state index in [1.807, 2.05) is 12.3 Å². The molecule has 2 aromatic rings. The van der Waals surface area contributed by atoms with Gasteiger partial charge < -0.3 is 9.64 Å². The van der Waals surface area contributed by atoms with Gasteiger partial charge >= 0.3 is 0 Å². The van der Waals surface area contributed by atoms with Crippen molar-refractivity contribution in [3.63, 3.8) is 0 Å². The highest BCUT2D eigenvalue weighted by molar-refractivity contribution is 6.76. The molecule has 0 amide bonds. The number of aliphatic imine (C=N–C) groups is 1. The Morgan fingerprint density at radius 3 is 2.61 bits per heavy atom. The zero-order valence-electron chi connectivity index (χ0n) is 16.6. The van der Waals surface area contributed by atoms with E-state index in [2.05, 4.69) is 67.0 Å². The van der Waals surface area contributed by atoms with Crippen LogP contribution in [0.2, 0.25) is 6.32 Å². The Labute approximate surface area is 167 Å². The minimum absolute atomic E-state index is 0.772. The number of aromatic nitrogens is 2. The number of hydrogen-bond acceptors (Lipinski definition) is 4. The molecule has 1 aromatic heterocycles. The molecule has 1 fully saturated rings. The lowest BCUT2D eigenvalue weighted by molar-refractivity contribution is 0.0691. The molecule has 0 aliphatic carbocycles. The molecule has 4 rings (SSSR count). The van der Waals surface area contributed by atoms with Crippen LogP contribution in [-0.4, -0.2) is 53.8 Å². The number of allylic oxidation sites excluding steroid dienone is 1. The Kier molecular flexibility index (Phi) is 5.77. The summed E-state index contributed by atoms with van der Waals surface area (Å²) in [7, 11) is 2.21. The van der Waals surface area contributed by atoms with Gasteiger partial charge in [-0.1, -0.05) is 37.3 Å². The molecule has 6 heteroatoms. The van der Waals surface area contributed by atoms with Crippen LogP contribution in [0.3, 0.4) is 0 Å². The van der Waals surface area contributed by atoms with Crippen LogP contribution in [0, 0.1) is 0 Å². The summed E-state index contributed by atoms with van der Waals surface area (Å²) in [6.07, 6.45) is 8.10. The van der Waals surface area contributed by atoms with Gasteiger partial charge in [-0.25, -0.2) is 4.98 Å². The minimum atomic E-state index is 0.772. The molecule has 0 N–H and O–H groups in total. The van der Waals surface area contributed by atoms with Crippen LogP contribution in [0.25, 0.3) is 23.4 Å². The highest BCUT2D eigenvalue weighted by Gasteiger charge is 2.22. The molecule has 0 bridgehead atoms. The summed E-state index contributed by atoms with van der Waals surface area (Å²) in [5, 5.41) is 2.17. The van der Waals surface area contributed by atoms with Crippen LogP contribution in [0.5, 0.6) is 0 Å². The fourth-order valence-electron chi connectivity index (χ4n) is 3.73. The van der Waals surface area contributed by atoms with E-state index in [1.54, 1.807) is 0 Å². The fourth-order valence-corrected chi connectivity index (χ4v) is 3.73. The highest BCUT2D eigenvalue weighted by Crippen LogP contribution is 2.21. The van der Waals surface area contributed by atoms with Crippen molar-refractivity contribution in [2.45, 2.75) is 26.6 Å². The number of imidazole rings is 1. The lowest BCUT2D eigenvalue weighted by Gasteiger charge is -2.31. The SMILES string of the molecule is C/C=c1\c(=C/CC)nc(C2=CN=C(N3CCOCC3)[B]C2)n1-c1ccccc1. The van der Waals surface area contributed by atoms with Crippen LogP contribution >= 0.6 is 0 Å². The fraction of sp³-hybridized carbons (Fsp3) is 0.364. The van der Waals surface area contributed by atoms with Crippen molar-refractivity contribution < 1.29 is 4.74 Å². The maximum absolute atomic E-state index is 5.45. The first-order chi connectivity index (χ1) is 13.8. The maximum atomic E-state index is 5.45. The van der Waals surface area contributed by atoms with Gasteiger partial charge in [0.05, 0.1) is 29.6 Å². The first kappa shape index (κ1) is 18.8. The predicted molar refractivity (Wildman–Crippen MR) is 116 cm³/mol. The van der Waals surface area contributed by atoms with Gasteiger partial charge in [0, 0.05) is 30.5 Å². The highest BCUT2D eigenvalue weighted by atomic mass is 16.5. The summed E-state index contributed by atoms with van der Waals surface area (Å²) in [6, 6.07) is 10.4. The Balaban J connectivity index is 1.79. The molecule has 5 nitrogen and oxygen atoms in total. The summed E-state index contributed by atoms with van der Waals surface area (Å²) in [5.41, 5.74) is 3.31. The van der Waals surface area contributed by atoms with Crippen molar-refractivity contribution >= 4 is 30.7 Å². The van der Waals surface area contributed by atoms with Crippen LogP contribution < -0.4 is 10.7 Å². The van der Waals surface area contributed by atoms with Gasteiger partial charge in [0.1, 0.15) is 5.82 Å². The van der Waals surface area contributed by atoms with E-state index >= 15 is 0 Å². The molecular formula is C22H26BN4O. The number of para-hydroxylation sites is 1. The average Bonchev–Trinajstić information content (AvgIpc) is 3.13. The molecule has 1 radical (unpaired) electrons. The van der Waals surface area contributed by atoms with E-state index in [-0.39, 0.29) is 0 Å². The summed E-state index contributed by atoms with van der Waals surface area (Å²) in [4.78, 5) is 12.0. The molecule has 1 aromatic carbocycles.